The van der Waals surface area contributed by atoms with E-state index in [1.54, 1.807) is 31.2 Å². The molecule has 0 bridgehead atoms. The molecule has 2 rings (SSSR count). The number of nitrogens with zero attached hydrogens (tertiary/aromatic N) is 4. The molecule has 9 heteroatoms. The number of rotatable bonds is 6. The van der Waals surface area contributed by atoms with Crippen molar-refractivity contribution in [3.63, 3.8) is 0 Å². The molecule has 0 aliphatic heterocycles. The summed E-state index contributed by atoms with van der Waals surface area (Å²) in [5.41, 5.74) is 1.31. The average Bonchev–Trinajstić information content (AvgIpc) is 2.99. The van der Waals surface area contributed by atoms with Crippen LogP contribution in [0.2, 0.25) is 0 Å². The molecule has 5 nitrogen and oxygen atoms in total. The maximum atomic E-state index is 12.9. The van der Waals surface area contributed by atoms with E-state index in [9.17, 15) is 17.6 Å². The van der Waals surface area contributed by atoms with Crippen LogP contribution in [0.3, 0.4) is 0 Å². The number of benzene rings is 1. The summed E-state index contributed by atoms with van der Waals surface area (Å²) in [6.45, 7) is 0.515. The summed E-state index contributed by atoms with van der Waals surface area (Å²) >= 11 is 0. The van der Waals surface area contributed by atoms with Crippen molar-refractivity contribution < 1.29 is 17.6 Å². The highest BCUT2D eigenvalue weighted by atomic mass is 19.3. The van der Waals surface area contributed by atoms with E-state index in [4.69, 9.17) is 0 Å². The number of alkyl halides is 4. The van der Waals surface area contributed by atoms with Crippen molar-refractivity contribution in [3.05, 3.63) is 36.2 Å². The van der Waals surface area contributed by atoms with Gasteiger partial charge in [-0.25, -0.2) is 13.5 Å². The summed E-state index contributed by atoms with van der Waals surface area (Å²) in [5, 5.41) is 13.1. The van der Waals surface area contributed by atoms with Crippen LogP contribution in [0.5, 0.6) is 0 Å². The van der Waals surface area contributed by atoms with Crippen LogP contribution in [-0.2, 0) is 0 Å². The molecule has 0 radical (unpaired) electrons. The Balaban J connectivity index is 2.06. The Kier molecular flexibility index (Phi) is 4.51. The van der Waals surface area contributed by atoms with Gasteiger partial charge in [0.15, 0.2) is 0 Å². The molecule has 0 aliphatic rings. The van der Waals surface area contributed by atoms with Crippen LogP contribution in [0.1, 0.15) is 18.5 Å². The summed E-state index contributed by atoms with van der Waals surface area (Å²) in [7, 11) is 0. The molecule has 21 heavy (non-hydrogen) atoms. The van der Waals surface area contributed by atoms with E-state index in [2.05, 4.69) is 20.8 Å². The molecule has 2 aromatic rings. The van der Waals surface area contributed by atoms with E-state index in [0.29, 0.717) is 11.3 Å². The van der Waals surface area contributed by atoms with Gasteiger partial charge in [0, 0.05) is 6.04 Å². The van der Waals surface area contributed by atoms with Gasteiger partial charge in [0.05, 0.1) is 12.2 Å². The average molecular weight is 303 g/mol. The summed E-state index contributed by atoms with van der Waals surface area (Å²) in [6.07, 6.45) is -2.30. The maximum Gasteiger partial charge on any atom is 0.319 e. The third-order valence-electron chi connectivity index (χ3n) is 2.95. The van der Waals surface area contributed by atoms with Crippen molar-refractivity contribution >= 4 is 0 Å². The van der Waals surface area contributed by atoms with E-state index >= 15 is 0 Å². The Morgan fingerprint density at radius 1 is 1.33 bits per heavy atom. The standard InChI is InChI=1S/C12H13F4N5/c1-8(17-6-12(15,16)11(13)14)9-3-2-4-10(5-9)21-7-18-19-20-21/h2-5,7-8,11,17H,6H2,1H3. The highest BCUT2D eigenvalue weighted by Crippen LogP contribution is 2.23. The first-order valence-corrected chi connectivity index (χ1v) is 6.13. The quantitative estimate of drug-likeness (QED) is 0.831. The molecule has 0 spiro atoms. The van der Waals surface area contributed by atoms with E-state index in [-0.39, 0.29) is 0 Å². The highest BCUT2D eigenvalue weighted by Gasteiger charge is 2.40. The maximum absolute atomic E-state index is 12.9. The van der Waals surface area contributed by atoms with Crippen molar-refractivity contribution in [2.75, 3.05) is 6.54 Å². The van der Waals surface area contributed by atoms with Crippen molar-refractivity contribution in [2.24, 2.45) is 0 Å². The molecule has 0 aliphatic carbocycles. The van der Waals surface area contributed by atoms with E-state index < -0.39 is 24.9 Å². The van der Waals surface area contributed by atoms with Crippen molar-refractivity contribution in [3.8, 4) is 5.69 Å². The van der Waals surface area contributed by atoms with Gasteiger partial charge in [-0.15, -0.1) is 5.10 Å². The van der Waals surface area contributed by atoms with Crippen LogP contribution in [-0.4, -0.2) is 39.1 Å². The first kappa shape index (κ1) is 15.4. The Morgan fingerprint density at radius 3 is 2.71 bits per heavy atom. The fourth-order valence-electron chi connectivity index (χ4n) is 1.70. The molecule has 114 valence electrons. The Morgan fingerprint density at radius 2 is 2.10 bits per heavy atom. The molecule has 1 atom stereocenters. The summed E-state index contributed by atoms with van der Waals surface area (Å²) in [5.74, 6) is -4.05. The predicted octanol–water partition coefficient (Wildman–Crippen LogP) is 2.21. The number of tetrazole rings is 1. The summed E-state index contributed by atoms with van der Waals surface area (Å²) in [6, 6.07) is 6.31. The van der Waals surface area contributed by atoms with Gasteiger partial charge >= 0.3 is 12.3 Å². The fourth-order valence-corrected chi connectivity index (χ4v) is 1.70. The van der Waals surface area contributed by atoms with Crippen molar-refractivity contribution in [1.82, 2.24) is 25.5 Å². The second kappa shape index (κ2) is 6.17. The second-order valence-corrected chi connectivity index (χ2v) is 4.51. The topological polar surface area (TPSA) is 55.6 Å². The largest absolute Gasteiger partial charge is 0.319 e. The Labute approximate surface area is 118 Å². The van der Waals surface area contributed by atoms with Crippen LogP contribution in [0.25, 0.3) is 5.69 Å². The summed E-state index contributed by atoms with van der Waals surface area (Å²) < 4.78 is 51.4. The lowest BCUT2D eigenvalue weighted by molar-refractivity contribution is -0.126. The molecular formula is C12H13F4N5. The van der Waals surface area contributed by atoms with Crippen LogP contribution in [0.15, 0.2) is 30.6 Å². The number of hydrogen-bond acceptors (Lipinski definition) is 4. The predicted molar refractivity (Wildman–Crippen MR) is 66.5 cm³/mol. The lowest BCUT2D eigenvalue weighted by atomic mass is 10.1. The number of halogens is 4. The van der Waals surface area contributed by atoms with Gasteiger partial charge in [-0.2, -0.15) is 8.78 Å². The zero-order valence-corrected chi connectivity index (χ0v) is 11.0. The minimum absolute atomic E-state index is 0.522. The zero-order chi connectivity index (χ0) is 15.5. The first-order valence-electron chi connectivity index (χ1n) is 6.13. The van der Waals surface area contributed by atoms with Gasteiger partial charge < -0.3 is 5.32 Å². The molecule has 0 saturated carbocycles. The van der Waals surface area contributed by atoms with Gasteiger partial charge in [-0.3, -0.25) is 0 Å². The SMILES string of the molecule is CC(NCC(F)(F)C(F)F)c1cccc(-n2cnnn2)c1. The number of aromatic nitrogens is 4. The lowest BCUT2D eigenvalue weighted by Gasteiger charge is -2.20. The van der Waals surface area contributed by atoms with Gasteiger partial charge in [0.25, 0.3) is 0 Å². The number of hydrogen-bond donors (Lipinski definition) is 1. The van der Waals surface area contributed by atoms with Crippen LogP contribution < -0.4 is 5.32 Å². The van der Waals surface area contributed by atoms with Gasteiger partial charge in [-0.1, -0.05) is 12.1 Å². The van der Waals surface area contributed by atoms with Gasteiger partial charge in [0.1, 0.15) is 6.33 Å². The van der Waals surface area contributed by atoms with E-state index in [1.807, 2.05) is 0 Å². The first-order chi connectivity index (χ1) is 9.90. The monoisotopic (exact) mass is 303 g/mol. The van der Waals surface area contributed by atoms with Gasteiger partial charge in [-0.05, 0) is 35.0 Å². The minimum atomic E-state index is -4.05. The van der Waals surface area contributed by atoms with Crippen molar-refractivity contribution in [1.29, 1.82) is 0 Å². The highest BCUT2D eigenvalue weighted by molar-refractivity contribution is 5.35. The second-order valence-electron chi connectivity index (χ2n) is 4.51. The Hall–Kier alpha value is -2.03. The molecule has 1 N–H and O–H groups in total. The van der Waals surface area contributed by atoms with E-state index in [1.165, 1.54) is 11.0 Å². The van der Waals surface area contributed by atoms with Crippen LogP contribution in [0, 0.1) is 0 Å². The third-order valence-corrected chi connectivity index (χ3v) is 2.95. The van der Waals surface area contributed by atoms with Gasteiger partial charge in [0.2, 0.25) is 0 Å². The zero-order valence-electron chi connectivity index (χ0n) is 11.0. The molecular weight excluding hydrogens is 290 g/mol. The lowest BCUT2D eigenvalue weighted by Crippen LogP contribution is -2.39. The van der Waals surface area contributed by atoms with Crippen LogP contribution in [0.4, 0.5) is 17.6 Å². The molecule has 0 saturated heterocycles. The molecule has 1 aromatic carbocycles. The smallest absolute Gasteiger partial charge is 0.304 e. The fraction of sp³-hybridized carbons (Fsp3) is 0.417. The molecule has 1 heterocycles. The molecule has 1 unspecified atom stereocenters. The van der Waals surface area contributed by atoms with Crippen molar-refractivity contribution in [2.45, 2.75) is 25.3 Å². The Bertz CT molecular complexity index is 573. The number of nitrogens with one attached hydrogen (secondary N) is 1. The minimum Gasteiger partial charge on any atom is -0.304 e. The molecule has 0 amide bonds. The molecule has 1 aromatic heterocycles. The third kappa shape index (κ3) is 3.75. The van der Waals surface area contributed by atoms with E-state index in [0.717, 1.165) is 0 Å². The normalized spacial score (nSPS) is 13.6. The summed E-state index contributed by atoms with van der Waals surface area (Å²) in [4.78, 5) is 0. The van der Waals surface area contributed by atoms with Crippen LogP contribution >= 0.6 is 0 Å². The molecule has 0 fully saturated rings.